The van der Waals surface area contributed by atoms with Gasteiger partial charge >= 0.3 is 0 Å². The van der Waals surface area contributed by atoms with Crippen LogP contribution in [-0.2, 0) is 6.42 Å². The second-order valence-electron chi connectivity index (χ2n) is 3.68. The van der Waals surface area contributed by atoms with Crippen molar-refractivity contribution in [3.05, 3.63) is 29.8 Å². The quantitative estimate of drug-likeness (QED) is 0.746. The molecule has 0 heterocycles. The van der Waals surface area contributed by atoms with E-state index in [0.717, 1.165) is 5.56 Å². The van der Waals surface area contributed by atoms with Gasteiger partial charge in [-0.05, 0) is 30.0 Å². The summed E-state index contributed by atoms with van der Waals surface area (Å²) in [4.78, 5) is 0. The Hall–Kier alpha value is -1.02. The van der Waals surface area contributed by atoms with E-state index < -0.39 is 0 Å². The minimum absolute atomic E-state index is 0.266. The van der Waals surface area contributed by atoms with Crippen LogP contribution in [0.15, 0.2) is 24.3 Å². The Labute approximate surface area is 78.8 Å². The Morgan fingerprint density at radius 1 is 1.15 bits per heavy atom. The average molecular weight is 180 g/mol. The molecule has 0 saturated carbocycles. The van der Waals surface area contributed by atoms with Crippen molar-refractivity contribution in [3.63, 3.8) is 0 Å². The van der Waals surface area contributed by atoms with Gasteiger partial charge in [-0.1, -0.05) is 26.0 Å². The normalized spacial score (nSPS) is 13.2. The Bertz CT molecular complexity index is 251. The minimum atomic E-state index is -0.301. The van der Waals surface area contributed by atoms with Crippen molar-refractivity contribution in [2.45, 2.75) is 26.4 Å². The van der Waals surface area contributed by atoms with Gasteiger partial charge in [-0.25, -0.2) is 0 Å². The highest BCUT2D eigenvalue weighted by Crippen LogP contribution is 2.13. The molecule has 0 saturated heterocycles. The molecule has 13 heavy (non-hydrogen) atoms. The summed E-state index contributed by atoms with van der Waals surface area (Å²) >= 11 is 0. The summed E-state index contributed by atoms with van der Waals surface area (Å²) in [7, 11) is 0. The van der Waals surface area contributed by atoms with Crippen LogP contribution in [-0.4, -0.2) is 16.3 Å². The lowest BCUT2D eigenvalue weighted by atomic mass is 9.99. The maximum Gasteiger partial charge on any atom is 0.115 e. The Morgan fingerprint density at radius 3 is 2.15 bits per heavy atom. The van der Waals surface area contributed by atoms with E-state index >= 15 is 0 Å². The highest BCUT2D eigenvalue weighted by Gasteiger charge is 2.09. The zero-order chi connectivity index (χ0) is 9.84. The maximum absolute atomic E-state index is 9.59. The van der Waals surface area contributed by atoms with Gasteiger partial charge in [-0.15, -0.1) is 0 Å². The number of aliphatic hydroxyl groups is 1. The lowest BCUT2D eigenvalue weighted by Crippen LogP contribution is -2.17. The molecule has 2 N–H and O–H groups in total. The molecule has 1 rings (SSSR count). The largest absolute Gasteiger partial charge is 0.508 e. The molecule has 72 valence electrons. The number of rotatable bonds is 3. The molecular formula is C11H16O2. The number of benzene rings is 1. The number of phenols is 1. The first-order chi connectivity index (χ1) is 6.09. The van der Waals surface area contributed by atoms with E-state index in [4.69, 9.17) is 5.11 Å². The predicted molar refractivity (Wildman–Crippen MR) is 52.7 cm³/mol. The zero-order valence-electron chi connectivity index (χ0n) is 8.07. The van der Waals surface area contributed by atoms with E-state index in [0.29, 0.717) is 6.42 Å². The van der Waals surface area contributed by atoms with Gasteiger partial charge in [0.1, 0.15) is 5.75 Å². The first kappa shape index (κ1) is 10.1. The van der Waals surface area contributed by atoms with Crippen LogP contribution in [0.25, 0.3) is 0 Å². The van der Waals surface area contributed by atoms with Gasteiger partial charge in [0.05, 0.1) is 6.10 Å². The summed E-state index contributed by atoms with van der Waals surface area (Å²) in [5, 5.41) is 18.6. The number of aliphatic hydroxyl groups excluding tert-OH is 1. The van der Waals surface area contributed by atoms with Crippen molar-refractivity contribution in [1.82, 2.24) is 0 Å². The number of hydrogen-bond acceptors (Lipinski definition) is 2. The second-order valence-corrected chi connectivity index (χ2v) is 3.68. The third-order valence-corrected chi connectivity index (χ3v) is 2.15. The molecule has 0 fully saturated rings. The van der Waals surface area contributed by atoms with Crippen LogP contribution in [0.2, 0.25) is 0 Å². The van der Waals surface area contributed by atoms with Crippen molar-refractivity contribution in [1.29, 1.82) is 0 Å². The van der Waals surface area contributed by atoms with E-state index in [2.05, 4.69) is 0 Å². The lowest BCUT2D eigenvalue weighted by Gasteiger charge is -2.13. The van der Waals surface area contributed by atoms with Gasteiger partial charge in [-0.3, -0.25) is 0 Å². The van der Waals surface area contributed by atoms with E-state index in [9.17, 15) is 5.11 Å². The molecule has 0 radical (unpaired) electrons. The first-order valence-electron chi connectivity index (χ1n) is 4.55. The van der Waals surface area contributed by atoms with Crippen LogP contribution < -0.4 is 0 Å². The third kappa shape index (κ3) is 3.07. The predicted octanol–water partition coefficient (Wildman–Crippen LogP) is 1.95. The van der Waals surface area contributed by atoms with Crippen LogP contribution in [0.1, 0.15) is 19.4 Å². The van der Waals surface area contributed by atoms with Gasteiger partial charge in [0.15, 0.2) is 0 Å². The van der Waals surface area contributed by atoms with E-state index in [1.807, 2.05) is 26.0 Å². The smallest absolute Gasteiger partial charge is 0.115 e. The van der Waals surface area contributed by atoms with Crippen molar-refractivity contribution in [2.24, 2.45) is 5.92 Å². The molecule has 1 aromatic rings. The van der Waals surface area contributed by atoms with E-state index in [-0.39, 0.29) is 17.8 Å². The summed E-state index contributed by atoms with van der Waals surface area (Å²) in [6.07, 6.45) is 0.349. The molecule has 0 unspecified atom stereocenters. The summed E-state index contributed by atoms with van der Waals surface area (Å²) in [6.45, 7) is 3.98. The molecule has 2 nitrogen and oxygen atoms in total. The highest BCUT2D eigenvalue weighted by molar-refractivity contribution is 5.26. The molecule has 0 aliphatic heterocycles. The summed E-state index contributed by atoms with van der Waals surface area (Å²) in [5.74, 6) is 0.539. The zero-order valence-corrected chi connectivity index (χ0v) is 8.07. The van der Waals surface area contributed by atoms with Crippen LogP contribution in [0.4, 0.5) is 0 Å². The van der Waals surface area contributed by atoms with Crippen LogP contribution in [0, 0.1) is 5.92 Å². The van der Waals surface area contributed by atoms with Gasteiger partial charge in [0.25, 0.3) is 0 Å². The van der Waals surface area contributed by atoms with Gasteiger partial charge < -0.3 is 10.2 Å². The summed E-state index contributed by atoms with van der Waals surface area (Å²) in [6, 6.07) is 6.95. The highest BCUT2D eigenvalue weighted by atomic mass is 16.3. The maximum atomic E-state index is 9.59. The van der Waals surface area contributed by atoms with E-state index in [1.165, 1.54) is 0 Å². The van der Waals surface area contributed by atoms with Crippen LogP contribution in [0.3, 0.4) is 0 Å². The third-order valence-electron chi connectivity index (χ3n) is 2.15. The van der Waals surface area contributed by atoms with Crippen LogP contribution >= 0.6 is 0 Å². The molecule has 0 aliphatic carbocycles. The molecule has 0 amide bonds. The number of aromatic hydroxyl groups is 1. The lowest BCUT2D eigenvalue weighted by molar-refractivity contribution is 0.125. The molecule has 2 heteroatoms. The van der Waals surface area contributed by atoms with Gasteiger partial charge in [0.2, 0.25) is 0 Å². The summed E-state index contributed by atoms with van der Waals surface area (Å²) < 4.78 is 0. The Morgan fingerprint density at radius 2 is 1.69 bits per heavy atom. The minimum Gasteiger partial charge on any atom is -0.508 e. The standard InChI is InChI=1S/C11H16O2/c1-8(2)11(13)7-9-3-5-10(12)6-4-9/h3-6,8,11-13H,7H2,1-2H3/t11-/m0/s1. The summed E-state index contributed by atoms with van der Waals surface area (Å²) in [5.41, 5.74) is 1.05. The second kappa shape index (κ2) is 4.28. The van der Waals surface area contributed by atoms with Crippen molar-refractivity contribution >= 4 is 0 Å². The first-order valence-corrected chi connectivity index (χ1v) is 4.55. The van der Waals surface area contributed by atoms with Crippen molar-refractivity contribution < 1.29 is 10.2 Å². The Kier molecular flexibility index (Phi) is 3.32. The Balaban J connectivity index is 2.59. The number of hydrogen-bond donors (Lipinski definition) is 2. The van der Waals surface area contributed by atoms with Gasteiger partial charge in [0, 0.05) is 0 Å². The molecule has 0 aromatic heterocycles. The molecule has 0 spiro atoms. The molecule has 1 atom stereocenters. The van der Waals surface area contributed by atoms with Crippen LogP contribution in [0.5, 0.6) is 5.75 Å². The fourth-order valence-electron chi connectivity index (χ4n) is 1.11. The van der Waals surface area contributed by atoms with E-state index in [1.54, 1.807) is 12.1 Å². The molecule has 1 aromatic carbocycles. The topological polar surface area (TPSA) is 40.5 Å². The SMILES string of the molecule is CC(C)[C@@H](O)Cc1ccc(O)cc1. The monoisotopic (exact) mass is 180 g/mol. The van der Waals surface area contributed by atoms with Gasteiger partial charge in [-0.2, -0.15) is 0 Å². The molecule has 0 bridgehead atoms. The average Bonchev–Trinajstić information content (AvgIpc) is 2.08. The van der Waals surface area contributed by atoms with Crippen molar-refractivity contribution in [2.75, 3.05) is 0 Å². The molecular weight excluding hydrogens is 164 g/mol. The van der Waals surface area contributed by atoms with Crippen molar-refractivity contribution in [3.8, 4) is 5.75 Å². The number of phenolic OH excluding ortho intramolecular Hbond substituents is 1. The molecule has 0 aliphatic rings. The fourth-order valence-corrected chi connectivity index (χ4v) is 1.11. The fraction of sp³-hybridized carbons (Fsp3) is 0.455.